The van der Waals surface area contributed by atoms with Crippen LogP contribution in [0.15, 0.2) is 27.2 Å². The van der Waals surface area contributed by atoms with E-state index in [1.165, 1.54) is 6.07 Å². The fraction of sp³-hybridized carbons (Fsp3) is 0.100. The van der Waals surface area contributed by atoms with Crippen molar-refractivity contribution in [3.05, 3.63) is 40.1 Å². The summed E-state index contributed by atoms with van der Waals surface area (Å²) in [7, 11) is 0. The van der Waals surface area contributed by atoms with Gasteiger partial charge in [-0.1, -0.05) is 21.1 Å². The van der Waals surface area contributed by atoms with Crippen molar-refractivity contribution < 1.29 is 18.4 Å². The third-order valence-corrected chi connectivity index (χ3v) is 2.44. The number of aliphatic hydroxyl groups excluding tert-OH is 1. The van der Waals surface area contributed by atoms with Crippen LogP contribution in [0.3, 0.4) is 0 Å². The van der Waals surface area contributed by atoms with Crippen LogP contribution in [-0.2, 0) is 6.61 Å². The molecule has 0 aliphatic rings. The van der Waals surface area contributed by atoms with Crippen molar-refractivity contribution in [2.75, 3.05) is 0 Å². The van der Waals surface area contributed by atoms with Crippen molar-refractivity contribution in [3.8, 4) is 11.3 Å². The molecular formula is C10H6BrF2NO2. The fourth-order valence-electron chi connectivity index (χ4n) is 1.29. The van der Waals surface area contributed by atoms with Gasteiger partial charge in [-0.15, -0.1) is 0 Å². The van der Waals surface area contributed by atoms with Crippen molar-refractivity contribution in [1.29, 1.82) is 0 Å². The Balaban J connectivity index is 2.55. The second-order valence-corrected chi connectivity index (χ2v) is 4.00. The summed E-state index contributed by atoms with van der Waals surface area (Å²) in [4.78, 5) is 0. The molecule has 0 radical (unpaired) electrons. The molecule has 0 atom stereocenters. The van der Waals surface area contributed by atoms with Crippen LogP contribution in [0.4, 0.5) is 8.78 Å². The summed E-state index contributed by atoms with van der Waals surface area (Å²) in [6.07, 6.45) is 0. The van der Waals surface area contributed by atoms with Gasteiger partial charge >= 0.3 is 0 Å². The van der Waals surface area contributed by atoms with Crippen LogP contribution in [0.5, 0.6) is 0 Å². The average molecular weight is 290 g/mol. The summed E-state index contributed by atoms with van der Waals surface area (Å²) in [5.41, 5.74) is -0.252. The van der Waals surface area contributed by atoms with E-state index in [2.05, 4.69) is 25.6 Å². The minimum absolute atomic E-state index is 0.0200. The fourth-order valence-corrected chi connectivity index (χ4v) is 1.69. The molecular weight excluding hydrogens is 284 g/mol. The quantitative estimate of drug-likeness (QED) is 0.925. The SMILES string of the molecule is OCc1cc(-c2c(F)cc(Br)cc2F)no1. The normalized spacial score (nSPS) is 10.8. The maximum atomic E-state index is 13.5. The summed E-state index contributed by atoms with van der Waals surface area (Å²) in [5, 5.41) is 12.2. The summed E-state index contributed by atoms with van der Waals surface area (Å²) in [5.74, 6) is -1.34. The molecule has 84 valence electrons. The van der Waals surface area contributed by atoms with Crippen LogP contribution in [0.25, 0.3) is 11.3 Å². The first-order valence-electron chi connectivity index (χ1n) is 4.33. The van der Waals surface area contributed by atoms with Gasteiger partial charge in [0, 0.05) is 10.5 Å². The molecule has 0 spiro atoms. The number of nitrogens with zero attached hydrogens (tertiary/aromatic N) is 1. The molecule has 16 heavy (non-hydrogen) atoms. The zero-order valence-corrected chi connectivity index (χ0v) is 9.46. The zero-order valence-electron chi connectivity index (χ0n) is 7.88. The number of rotatable bonds is 2. The van der Waals surface area contributed by atoms with Gasteiger partial charge in [-0.25, -0.2) is 8.78 Å². The number of aromatic nitrogens is 1. The first kappa shape index (κ1) is 11.2. The third-order valence-electron chi connectivity index (χ3n) is 1.98. The molecule has 0 aliphatic heterocycles. The van der Waals surface area contributed by atoms with E-state index in [0.29, 0.717) is 4.47 Å². The molecule has 0 bridgehead atoms. The molecule has 0 aliphatic carbocycles. The van der Waals surface area contributed by atoms with E-state index in [1.807, 2.05) is 0 Å². The Morgan fingerprint density at radius 1 is 1.25 bits per heavy atom. The molecule has 1 heterocycles. The van der Waals surface area contributed by atoms with Crippen LogP contribution in [0.2, 0.25) is 0 Å². The first-order valence-corrected chi connectivity index (χ1v) is 5.12. The maximum absolute atomic E-state index is 13.5. The first-order chi connectivity index (χ1) is 7.61. The molecule has 0 fully saturated rings. The van der Waals surface area contributed by atoms with Gasteiger partial charge in [-0.05, 0) is 12.1 Å². The van der Waals surface area contributed by atoms with Gasteiger partial charge in [0.15, 0.2) is 5.76 Å². The van der Waals surface area contributed by atoms with Crippen LogP contribution in [0.1, 0.15) is 5.76 Å². The van der Waals surface area contributed by atoms with Gasteiger partial charge in [0.1, 0.15) is 23.9 Å². The monoisotopic (exact) mass is 289 g/mol. The minimum atomic E-state index is -0.746. The molecule has 0 unspecified atom stereocenters. The predicted octanol–water partition coefficient (Wildman–Crippen LogP) is 2.87. The molecule has 0 saturated heterocycles. The molecule has 1 N–H and O–H groups in total. The lowest BCUT2D eigenvalue weighted by atomic mass is 10.1. The van der Waals surface area contributed by atoms with Crippen molar-refractivity contribution in [2.24, 2.45) is 0 Å². The van der Waals surface area contributed by atoms with Crippen molar-refractivity contribution in [1.82, 2.24) is 5.16 Å². The molecule has 0 saturated carbocycles. The van der Waals surface area contributed by atoms with Gasteiger partial charge in [0.2, 0.25) is 0 Å². The van der Waals surface area contributed by atoms with E-state index in [4.69, 9.17) is 5.11 Å². The Morgan fingerprint density at radius 3 is 2.38 bits per heavy atom. The van der Waals surface area contributed by atoms with Crippen molar-refractivity contribution in [3.63, 3.8) is 0 Å². The Kier molecular flexibility index (Phi) is 3.02. The number of halogens is 3. The van der Waals surface area contributed by atoms with Gasteiger partial charge in [0.25, 0.3) is 0 Å². The summed E-state index contributed by atoms with van der Waals surface area (Å²) >= 11 is 2.97. The van der Waals surface area contributed by atoms with Crippen LogP contribution in [-0.4, -0.2) is 10.3 Å². The lowest BCUT2D eigenvalue weighted by molar-refractivity contribution is 0.229. The molecule has 2 aromatic rings. The Morgan fingerprint density at radius 2 is 1.88 bits per heavy atom. The topological polar surface area (TPSA) is 46.3 Å². The molecule has 6 heteroatoms. The standard InChI is InChI=1S/C10H6BrF2NO2/c11-5-1-7(12)10(8(13)2-5)9-3-6(4-15)16-14-9/h1-3,15H,4H2. The number of hydrogen-bond acceptors (Lipinski definition) is 3. The third kappa shape index (κ3) is 1.98. The summed E-state index contributed by atoms with van der Waals surface area (Å²) < 4.78 is 32.0. The van der Waals surface area contributed by atoms with Gasteiger partial charge in [0.05, 0.1) is 5.56 Å². The predicted molar refractivity (Wildman–Crippen MR) is 55.5 cm³/mol. The van der Waals surface area contributed by atoms with Gasteiger partial charge < -0.3 is 9.63 Å². The van der Waals surface area contributed by atoms with Gasteiger partial charge in [-0.2, -0.15) is 0 Å². The number of hydrogen-bond donors (Lipinski definition) is 1. The average Bonchev–Trinajstić information content (AvgIpc) is 2.64. The van der Waals surface area contributed by atoms with Crippen molar-refractivity contribution in [2.45, 2.75) is 6.61 Å². The lowest BCUT2D eigenvalue weighted by Gasteiger charge is -2.01. The highest BCUT2D eigenvalue weighted by Crippen LogP contribution is 2.28. The Hall–Kier alpha value is -1.27. The second kappa shape index (κ2) is 4.31. The van der Waals surface area contributed by atoms with Crippen LogP contribution < -0.4 is 0 Å². The highest BCUT2D eigenvalue weighted by molar-refractivity contribution is 9.10. The van der Waals surface area contributed by atoms with E-state index in [-0.39, 0.29) is 23.6 Å². The van der Waals surface area contributed by atoms with Crippen molar-refractivity contribution >= 4 is 15.9 Å². The Bertz CT molecular complexity index is 504. The van der Waals surface area contributed by atoms with Crippen LogP contribution in [0, 0.1) is 11.6 Å². The van der Waals surface area contributed by atoms with E-state index in [9.17, 15) is 8.78 Å². The highest BCUT2D eigenvalue weighted by Gasteiger charge is 2.16. The van der Waals surface area contributed by atoms with E-state index >= 15 is 0 Å². The lowest BCUT2D eigenvalue weighted by Crippen LogP contribution is -1.90. The van der Waals surface area contributed by atoms with Gasteiger partial charge in [-0.3, -0.25) is 0 Å². The summed E-state index contributed by atoms with van der Waals surface area (Å²) in [6.45, 7) is -0.368. The Labute approximate surface area is 97.8 Å². The molecule has 3 nitrogen and oxygen atoms in total. The zero-order chi connectivity index (χ0) is 11.7. The maximum Gasteiger partial charge on any atom is 0.162 e. The molecule has 1 aromatic heterocycles. The number of aliphatic hydroxyl groups is 1. The van der Waals surface area contributed by atoms with E-state index < -0.39 is 11.6 Å². The van der Waals surface area contributed by atoms with Crippen LogP contribution >= 0.6 is 15.9 Å². The number of benzene rings is 1. The summed E-state index contributed by atoms with van der Waals surface area (Å²) in [6, 6.07) is 3.55. The molecule has 0 amide bonds. The largest absolute Gasteiger partial charge is 0.388 e. The van der Waals surface area contributed by atoms with E-state index in [1.54, 1.807) is 0 Å². The second-order valence-electron chi connectivity index (χ2n) is 3.08. The minimum Gasteiger partial charge on any atom is -0.388 e. The molecule has 1 aromatic carbocycles. The highest BCUT2D eigenvalue weighted by atomic mass is 79.9. The smallest absolute Gasteiger partial charge is 0.162 e. The van der Waals surface area contributed by atoms with E-state index in [0.717, 1.165) is 12.1 Å². The molecule has 2 rings (SSSR count).